The van der Waals surface area contributed by atoms with Crippen molar-refractivity contribution in [3.8, 4) is 9.88 Å². The van der Waals surface area contributed by atoms with Gasteiger partial charge in [0.25, 0.3) is 5.91 Å². The van der Waals surface area contributed by atoms with E-state index in [1.165, 1.54) is 11.3 Å². The molecule has 130 valence electrons. The maximum atomic E-state index is 12.5. The van der Waals surface area contributed by atoms with E-state index in [9.17, 15) is 13.2 Å². The van der Waals surface area contributed by atoms with Crippen molar-refractivity contribution in [3.63, 3.8) is 0 Å². The molecule has 9 heteroatoms. The molecular weight excluding hydrogens is 378 g/mol. The molecule has 3 rings (SSSR count). The maximum Gasteiger partial charge on any atom is 0.267 e. The van der Waals surface area contributed by atoms with E-state index in [-0.39, 0.29) is 11.7 Å². The standard InChI is InChI=1S/C16H15N3O3S3/c1-10-14(24-16(18-10)13-3-2-8-23-13)15(20)19-12-6-4-11(5-7-12)9-25(17,21)22/h2-8H,9H2,1H3,(H,19,20)(H2,17,21,22). The third-order valence-electron chi connectivity index (χ3n) is 3.31. The quantitative estimate of drug-likeness (QED) is 0.695. The lowest BCUT2D eigenvalue weighted by molar-refractivity contribution is 0.103. The van der Waals surface area contributed by atoms with Gasteiger partial charge in [0, 0.05) is 5.69 Å². The number of amides is 1. The molecule has 1 aromatic carbocycles. The average Bonchev–Trinajstić information content (AvgIpc) is 3.17. The number of thiophene rings is 1. The topological polar surface area (TPSA) is 102 Å². The number of benzene rings is 1. The highest BCUT2D eigenvalue weighted by molar-refractivity contribution is 7.88. The molecule has 0 aliphatic rings. The number of carbonyl (C=O) groups is 1. The molecule has 2 aromatic heterocycles. The van der Waals surface area contributed by atoms with Gasteiger partial charge in [-0.15, -0.1) is 22.7 Å². The van der Waals surface area contributed by atoms with E-state index in [1.807, 2.05) is 17.5 Å². The number of thiazole rings is 1. The van der Waals surface area contributed by atoms with Crippen LogP contribution in [0, 0.1) is 6.92 Å². The predicted octanol–water partition coefficient (Wildman–Crippen LogP) is 3.22. The van der Waals surface area contributed by atoms with Crippen LogP contribution in [0.5, 0.6) is 0 Å². The Kier molecular flexibility index (Phi) is 5.00. The summed E-state index contributed by atoms with van der Waals surface area (Å²) in [6, 6.07) is 10.5. The van der Waals surface area contributed by atoms with Gasteiger partial charge in [-0.3, -0.25) is 4.79 Å². The van der Waals surface area contributed by atoms with E-state index in [4.69, 9.17) is 5.14 Å². The van der Waals surface area contributed by atoms with Crippen molar-refractivity contribution >= 4 is 44.3 Å². The molecule has 0 aliphatic carbocycles. The first kappa shape index (κ1) is 17.7. The summed E-state index contributed by atoms with van der Waals surface area (Å²) in [4.78, 5) is 18.5. The first-order valence-electron chi connectivity index (χ1n) is 7.24. The molecule has 0 saturated heterocycles. The molecule has 0 saturated carbocycles. The van der Waals surface area contributed by atoms with E-state index in [2.05, 4.69) is 10.3 Å². The molecule has 0 radical (unpaired) electrons. The van der Waals surface area contributed by atoms with Gasteiger partial charge in [-0.25, -0.2) is 18.5 Å². The monoisotopic (exact) mass is 393 g/mol. The number of aryl methyl sites for hydroxylation is 1. The van der Waals surface area contributed by atoms with Gasteiger partial charge in [0.05, 0.1) is 16.3 Å². The van der Waals surface area contributed by atoms with Crippen LogP contribution in [0.1, 0.15) is 20.9 Å². The zero-order valence-corrected chi connectivity index (χ0v) is 15.7. The van der Waals surface area contributed by atoms with E-state index < -0.39 is 10.0 Å². The summed E-state index contributed by atoms with van der Waals surface area (Å²) in [5.41, 5.74) is 1.82. The number of nitrogens with zero attached hydrogens (tertiary/aromatic N) is 1. The lowest BCUT2D eigenvalue weighted by Crippen LogP contribution is -2.14. The third kappa shape index (κ3) is 4.51. The van der Waals surface area contributed by atoms with Gasteiger partial charge in [-0.2, -0.15) is 0 Å². The second-order valence-electron chi connectivity index (χ2n) is 5.37. The van der Waals surface area contributed by atoms with Crippen molar-refractivity contribution in [2.75, 3.05) is 5.32 Å². The van der Waals surface area contributed by atoms with Crippen molar-refractivity contribution in [1.82, 2.24) is 4.98 Å². The van der Waals surface area contributed by atoms with Crippen molar-refractivity contribution in [2.45, 2.75) is 12.7 Å². The smallest absolute Gasteiger partial charge is 0.267 e. The SMILES string of the molecule is Cc1nc(-c2cccs2)sc1C(=O)Nc1ccc(CS(N)(=O)=O)cc1. The summed E-state index contributed by atoms with van der Waals surface area (Å²) < 4.78 is 22.2. The summed E-state index contributed by atoms with van der Waals surface area (Å²) in [6.07, 6.45) is 0. The van der Waals surface area contributed by atoms with Crippen molar-refractivity contribution in [2.24, 2.45) is 5.14 Å². The lowest BCUT2D eigenvalue weighted by Gasteiger charge is -2.05. The first-order chi connectivity index (χ1) is 11.8. The Morgan fingerprint density at radius 1 is 1.24 bits per heavy atom. The van der Waals surface area contributed by atoms with Gasteiger partial charge >= 0.3 is 0 Å². The van der Waals surface area contributed by atoms with Crippen molar-refractivity contribution in [3.05, 3.63) is 57.9 Å². The molecule has 3 aromatic rings. The van der Waals surface area contributed by atoms with Gasteiger partial charge in [0.1, 0.15) is 9.88 Å². The van der Waals surface area contributed by atoms with Crippen molar-refractivity contribution < 1.29 is 13.2 Å². The second kappa shape index (κ2) is 7.04. The normalized spacial score (nSPS) is 11.4. The van der Waals surface area contributed by atoms with Gasteiger partial charge in [0.15, 0.2) is 0 Å². The fraction of sp³-hybridized carbons (Fsp3) is 0.125. The number of nitrogens with one attached hydrogen (secondary N) is 1. The molecule has 0 atom stereocenters. The zero-order valence-electron chi connectivity index (χ0n) is 13.2. The molecule has 1 amide bonds. The molecule has 2 heterocycles. The number of anilines is 1. The van der Waals surface area contributed by atoms with Crippen LogP contribution in [0.15, 0.2) is 41.8 Å². The molecule has 3 N–H and O–H groups in total. The highest BCUT2D eigenvalue weighted by atomic mass is 32.2. The number of aromatic nitrogens is 1. The van der Waals surface area contributed by atoms with Crippen LogP contribution in [0.4, 0.5) is 5.69 Å². The van der Waals surface area contributed by atoms with Gasteiger partial charge < -0.3 is 5.32 Å². The van der Waals surface area contributed by atoms with Crippen LogP contribution >= 0.6 is 22.7 Å². The Hall–Kier alpha value is -2.07. The lowest BCUT2D eigenvalue weighted by atomic mass is 10.2. The highest BCUT2D eigenvalue weighted by Gasteiger charge is 2.17. The number of sulfonamides is 1. The third-order valence-corrected chi connectivity index (χ3v) is 6.25. The van der Waals surface area contributed by atoms with Crippen LogP contribution in [0.25, 0.3) is 9.88 Å². The predicted molar refractivity (Wildman–Crippen MR) is 101 cm³/mol. The minimum Gasteiger partial charge on any atom is -0.321 e. The number of hydrogen-bond acceptors (Lipinski definition) is 6. The number of nitrogens with two attached hydrogens (primary N) is 1. The van der Waals surface area contributed by atoms with Crippen LogP contribution in [-0.4, -0.2) is 19.3 Å². The fourth-order valence-corrected chi connectivity index (χ4v) is 4.63. The summed E-state index contributed by atoms with van der Waals surface area (Å²) in [6.45, 7) is 1.80. The molecular formula is C16H15N3O3S3. The van der Waals surface area contributed by atoms with E-state index in [0.717, 1.165) is 9.88 Å². The fourth-order valence-electron chi connectivity index (χ4n) is 2.22. The molecule has 0 fully saturated rings. The summed E-state index contributed by atoms with van der Waals surface area (Å²) in [5.74, 6) is -0.476. The van der Waals surface area contributed by atoms with Crippen LogP contribution < -0.4 is 10.5 Å². The molecule has 6 nitrogen and oxygen atoms in total. The Morgan fingerprint density at radius 3 is 2.56 bits per heavy atom. The summed E-state index contributed by atoms with van der Waals surface area (Å²) in [7, 11) is -3.57. The number of primary sulfonamides is 1. The molecule has 25 heavy (non-hydrogen) atoms. The number of carbonyl (C=O) groups excluding carboxylic acids is 1. The average molecular weight is 394 g/mol. The van der Waals surface area contributed by atoms with Crippen LogP contribution in [-0.2, 0) is 15.8 Å². The minimum absolute atomic E-state index is 0.237. The Balaban J connectivity index is 1.74. The van der Waals surface area contributed by atoms with E-state index >= 15 is 0 Å². The van der Waals surface area contributed by atoms with Gasteiger partial charge in [-0.05, 0) is 36.1 Å². The number of hydrogen-bond donors (Lipinski definition) is 2. The van der Waals surface area contributed by atoms with Gasteiger partial charge in [0.2, 0.25) is 10.0 Å². The first-order valence-corrected chi connectivity index (χ1v) is 10.6. The minimum atomic E-state index is -3.57. The molecule has 0 unspecified atom stereocenters. The molecule has 0 spiro atoms. The van der Waals surface area contributed by atoms with Gasteiger partial charge in [-0.1, -0.05) is 18.2 Å². The Labute approximate surface area is 153 Å². The second-order valence-corrected chi connectivity index (χ2v) is 8.93. The van der Waals surface area contributed by atoms with Crippen LogP contribution in [0.3, 0.4) is 0 Å². The Morgan fingerprint density at radius 2 is 1.96 bits per heavy atom. The summed E-state index contributed by atoms with van der Waals surface area (Å²) >= 11 is 2.92. The van der Waals surface area contributed by atoms with E-state index in [1.54, 1.807) is 42.5 Å². The maximum absolute atomic E-state index is 12.5. The largest absolute Gasteiger partial charge is 0.321 e. The number of rotatable bonds is 5. The molecule has 0 bridgehead atoms. The molecule has 0 aliphatic heterocycles. The van der Waals surface area contributed by atoms with E-state index in [0.29, 0.717) is 21.8 Å². The Bertz CT molecular complexity index is 991. The zero-order chi connectivity index (χ0) is 18.0. The van der Waals surface area contributed by atoms with Crippen LogP contribution in [0.2, 0.25) is 0 Å². The highest BCUT2D eigenvalue weighted by Crippen LogP contribution is 2.31. The summed E-state index contributed by atoms with van der Waals surface area (Å²) in [5, 5.41) is 10.6. The van der Waals surface area contributed by atoms with Crippen molar-refractivity contribution in [1.29, 1.82) is 0 Å².